The Balaban J connectivity index is 1.71. The van der Waals surface area contributed by atoms with E-state index in [4.69, 9.17) is 9.26 Å². The van der Waals surface area contributed by atoms with Crippen molar-refractivity contribution in [1.82, 2.24) is 15.0 Å². The van der Waals surface area contributed by atoms with Crippen LogP contribution in [-0.4, -0.2) is 45.9 Å². The standard InChI is InChI=1S/C11H17N3O3/c1-7(15)11-12-10(13-17-11)9-5-14-4-2-3-8(14)6-16-9/h7-9,15H,2-6H2,1H3/t7-,8?,9?/m0/s1. The normalized spacial score (nSPS) is 31.4. The molecule has 2 unspecified atom stereocenters. The van der Waals surface area contributed by atoms with Crippen molar-refractivity contribution in [3.8, 4) is 0 Å². The van der Waals surface area contributed by atoms with Gasteiger partial charge in [-0.05, 0) is 26.3 Å². The van der Waals surface area contributed by atoms with E-state index < -0.39 is 6.10 Å². The maximum atomic E-state index is 9.34. The van der Waals surface area contributed by atoms with Crippen molar-refractivity contribution in [2.45, 2.75) is 38.0 Å². The second kappa shape index (κ2) is 4.36. The molecule has 94 valence electrons. The van der Waals surface area contributed by atoms with Gasteiger partial charge < -0.3 is 14.4 Å². The number of fused-ring (bicyclic) bond motifs is 1. The lowest BCUT2D eigenvalue weighted by molar-refractivity contribution is -0.0548. The molecule has 0 aliphatic carbocycles. The minimum absolute atomic E-state index is 0.124. The van der Waals surface area contributed by atoms with Crippen LogP contribution in [0.15, 0.2) is 4.52 Å². The van der Waals surface area contributed by atoms with Gasteiger partial charge >= 0.3 is 0 Å². The summed E-state index contributed by atoms with van der Waals surface area (Å²) in [4.78, 5) is 6.59. The van der Waals surface area contributed by atoms with Crippen LogP contribution in [0.1, 0.15) is 43.7 Å². The molecule has 0 amide bonds. The molecular weight excluding hydrogens is 222 g/mol. The molecule has 2 fully saturated rings. The number of morpholine rings is 1. The molecule has 2 saturated heterocycles. The fourth-order valence-corrected chi connectivity index (χ4v) is 2.52. The number of hydrogen-bond donors (Lipinski definition) is 1. The zero-order chi connectivity index (χ0) is 11.8. The van der Waals surface area contributed by atoms with Gasteiger partial charge in [0, 0.05) is 12.6 Å². The first kappa shape index (κ1) is 11.1. The van der Waals surface area contributed by atoms with Crippen LogP contribution >= 0.6 is 0 Å². The number of aliphatic hydroxyl groups excluding tert-OH is 1. The molecule has 0 radical (unpaired) electrons. The fraction of sp³-hybridized carbons (Fsp3) is 0.818. The number of aromatic nitrogens is 2. The number of aliphatic hydroxyl groups is 1. The minimum atomic E-state index is -0.723. The summed E-state index contributed by atoms with van der Waals surface area (Å²) in [6, 6.07) is 0.564. The van der Waals surface area contributed by atoms with Crippen LogP contribution in [0, 0.1) is 0 Å². The molecule has 2 aliphatic heterocycles. The van der Waals surface area contributed by atoms with Crippen molar-refractivity contribution in [1.29, 1.82) is 0 Å². The van der Waals surface area contributed by atoms with E-state index >= 15 is 0 Å². The molecule has 6 nitrogen and oxygen atoms in total. The summed E-state index contributed by atoms with van der Waals surface area (Å²) >= 11 is 0. The lowest BCUT2D eigenvalue weighted by Crippen LogP contribution is -2.42. The molecule has 0 bridgehead atoms. The van der Waals surface area contributed by atoms with Gasteiger partial charge in [-0.25, -0.2) is 0 Å². The molecule has 3 heterocycles. The highest BCUT2D eigenvalue weighted by Gasteiger charge is 2.35. The van der Waals surface area contributed by atoms with Crippen LogP contribution in [0.2, 0.25) is 0 Å². The van der Waals surface area contributed by atoms with Crippen LogP contribution in [0.3, 0.4) is 0 Å². The second-order valence-electron chi connectivity index (χ2n) is 4.78. The first-order valence-corrected chi connectivity index (χ1v) is 6.11. The van der Waals surface area contributed by atoms with Crippen molar-refractivity contribution in [3.05, 3.63) is 11.7 Å². The Morgan fingerprint density at radius 3 is 3.18 bits per heavy atom. The molecule has 6 heteroatoms. The molecule has 1 aromatic heterocycles. The van der Waals surface area contributed by atoms with E-state index in [9.17, 15) is 5.11 Å². The quantitative estimate of drug-likeness (QED) is 0.817. The highest BCUT2D eigenvalue weighted by Crippen LogP contribution is 2.29. The Morgan fingerprint density at radius 1 is 1.53 bits per heavy atom. The number of rotatable bonds is 2. The van der Waals surface area contributed by atoms with Gasteiger partial charge in [0.05, 0.1) is 6.61 Å². The van der Waals surface area contributed by atoms with Gasteiger partial charge in [-0.3, -0.25) is 4.90 Å². The van der Waals surface area contributed by atoms with Crippen molar-refractivity contribution < 1.29 is 14.4 Å². The maximum Gasteiger partial charge on any atom is 0.255 e. The molecule has 1 N–H and O–H groups in total. The number of nitrogens with zero attached hydrogens (tertiary/aromatic N) is 3. The van der Waals surface area contributed by atoms with E-state index in [1.54, 1.807) is 6.92 Å². The van der Waals surface area contributed by atoms with E-state index in [-0.39, 0.29) is 12.0 Å². The Bertz CT molecular complexity index is 393. The lowest BCUT2D eigenvalue weighted by atomic mass is 10.2. The fourth-order valence-electron chi connectivity index (χ4n) is 2.52. The zero-order valence-electron chi connectivity index (χ0n) is 9.87. The van der Waals surface area contributed by atoms with Crippen LogP contribution in [0.5, 0.6) is 0 Å². The largest absolute Gasteiger partial charge is 0.384 e. The predicted octanol–water partition coefficient (Wildman–Crippen LogP) is 0.659. The van der Waals surface area contributed by atoms with E-state index in [0.29, 0.717) is 11.9 Å². The molecule has 3 rings (SSSR count). The molecule has 0 aromatic carbocycles. The lowest BCUT2D eigenvalue weighted by Gasteiger charge is -2.33. The summed E-state index contributed by atoms with van der Waals surface area (Å²) in [7, 11) is 0. The van der Waals surface area contributed by atoms with E-state index in [2.05, 4.69) is 15.0 Å². The van der Waals surface area contributed by atoms with Gasteiger partial charge in [0.15, 0.2) is 0 Å². The third-order valence-corrected chi connectivity index (χ3v) is 3.49. The highest BCUT2D eigenvalue weighted by molar-refractivity contribution is 4.97. The van der Waals surface area contributed by atoms with Crippen molar-refractivity contribution in [3.63, 3.8) is 0 Å². The van der Waals surface area contributed by atoms with Gasteiger partial charge in [0.1, 0.15) is 12.2 Å². The van der Waals surface area contributed by atoms with E-state index in [0.717, 1.165) is 19.7 Å². The first-order chi connectivity index (χ1) is 8.24. The maximum absolute atomic E-state index is 9.34. The summed E-state index contributed by atoms with van der Waals surface area (Å²) in [6.45, 7) is 4.30. The van der Waals surface area contributed by atoms with Crippen LogP contribution in [0.25, 0.3) is 0 Å². The Hall–Kier alpha value is -0.980. The van der Waals surface area contributed by atoms with Crippen molar-refractivity contribution in [2.75, 3.05) is 19.7 Å². The Morgan fingerprint density at radius 2 is 2.41 bits per heavy atom. The van der Waals surface area contributed by atoms with E-state index in [1.807, 2.05) is 0 Å². The highest BCUT2D eigenvalue weighted by atomic mass is 16.5. The predicted molar refractivity (Wildman–Crippen MR) is 58.2 cm³/mol. The van der Waals surface area contributed by atoms with E-state index in [1.165, 1.54) is 12.8 Å². The molecular formula is C11H17N3O3. The van der Waals surface area contributed by atoms with Crippen LogP contribution in [-0.2, 0) is 4.74 Å². The first-order valence-electron chi connectivity index (χ1n) is 6.11. The Kier molecular flexibility index (Phi) is 2.85. The van der Waals surface area contributed by atoms with Crippen molar-refractivity contribution in [2.24, 2.45) is 0 Å². The average Bonchev–Trinajstić information content (AvgIpc) is 2.97. The zero-order valence-corrected chi connectivity index (χ0v) is 9.87. The summed E-state index contributed by atoms with van der Waals surface area (Å²) in [5.74, 6) is 0.804. The topological polar surface area (TPSA) is 71.6 Å². The molecule has 0 spiro atoms. The molecule has 3 atom stereocenters. The van der Waals surface area contributed by atoms with Gasteiger partial charge in [-0.15, -0.1) is 0 Å². The molecule has 17 heavy (non-hydrogen) atoms. The second-order valence-corrected chi connectivity index (χ2v) is 4.78. The molecule has 0 saturated carbocycles. The minimum Gasteiger partial charge on any atom is -0.384 e. The summed E-state index contributed by atoms with van der Waals surface area (Å²) < 4.78 is 10.7. The Labute approximate surface area is 99.6 Å². The van der Waals surface area contributed by atoms with Gasteiger partial charge in [-0.2, -0.15) is 4.98 Å². The van der Waals surface area contributed by atoms with Gasteiger partial charge in [0.25, 0.3) is 5.89 Å². The number of ether oxygens (including phenoxy) is 1. The third kappa shape index (κ3) is 2.08. The van der Waals surface area contributed by atoms with Crippen molar-refractivity contribution >= 4 is 0 Å². The van der Waals surface area contributed by atoms with Gasteiger partial charge in [-0.1, -0.05) is 5.16 Å². The summed E-state index contributed by atoms with van der Waals surface area (Å²) in [6.07, 6.45) is 1.61. The number of hydrogen-bond acceptors (Lipinski definition) is 6. The average molecular weight is 239 g/mol. The molecule has 1 aromatic rings. The SMILES string of the molecule is C[C@H](O)c1nc(C2CN3CCCC3CO2)no1. The smallest absolute Gasteiger partial charge is 0.255 e. The van der Waals surface area contributed by atoms with Crippen LogP contribution < -0.4 is 0 Å². The molecule has 2 aliphatic rings. The summed E-state index contributed by atoms with van der Waals surface area (Å²) in [5, 5.41) is 13.2. The van der Waals surface area contributed by atoms with Gasteiger partial charge in [0.2, 0.25) is 5.82 Å². The van der Waals surface area contributed by atoms with Crippen LogP contribution in [0.4, 0.5) is 0 Å². The third-order valence-electron chi connectivity index (χ3n) is 3.49. The summed E-state index contributed by atoms with van der Waals surface area (Å²) in [5.41, 5.74) is 0. The monoisotopic (exact) mass is 239 g/mol.